The van der Waals surface area contributed by atoms with Crippen LogP contribution in [0.25, 0.3) is 16.6 Å². The summed E-state index contributed by atoms with van der Waals surface area (Å²) in [6.07, 6.45) is 3.66. The highest BCUT2D eigenvalue weighted by Crippen LogP contribution is 2.27. The van der Waals surface area contributed by atoms with E-state index >= 15 is 0 Å². The number of hydrogen-bond donors (Lipinski definition) is 0. The number of nitrogens with zero attached hydrogens (tertiary/aromatic N) is 2. The molecule has 5 heteroatoms. The molecular weight excluding hydrogens is 356 g/mol. The number of rotatable bonds is 4. The first-order valence-corrected chi connectivity index (χ1v) is 10.5. The van der Waals surface area contributed by atoms with Crippen molar-refractivity contribution in [2.75, 3.05) is 12.4 Å². The largest absolute Gasteiger partial charge is 0.377 e. The fourth-order valence-electron chi connectivity index (χ4n) is 3.51. The average Bonchev–Trinajstić information content (AvgIpc) is 2.70. The zero-order valence-electron chi connectivity index (χ0n) is 15.8. The molecule has 1 atom stereocenters. The van der Waals surface area contributed by atoms with Crippen LogP contribution in [-0.4, -0.2) is 28.0 Å². The molecule has 0 radical (unpaired) electrons. The Kier molecular flexibility index (Phi) is 5.32. The van der Waals surface area contributed by atoms with Gasteiger partial charge in [0.1, 0.15) is 0 Å². The summed E-state index contributed by atoms with van der Waals surface area (Å²) in [5.74, 6) is 0.815. The highest BCUT2D eigenvalue weighted by atomic mass is 32.2. The zero-order valence-corrected chi connectivity index (χ0v) is 16.6. The van der Waals surface area contributed by atoms with Crippen molar-refractivity contribution >= 4 is 22.7 Å². The molecule has 4 rings (SSSR count). The fraction of sp³-hybridized carbons (Fsp3) is 0.364. The van der Waals surface area contributed by atoms with E-state index in [9.17, 15) is 4.79 Å². The van der Waals surface area contributed by atoms with E-state index < -0.39 is 0 Å². The van der Waals surface area contributed by atoms with Gasteiger partial charge in [-0.05, 0) is 62.4 Å². The molecule has 1 saturated heterocycles. The minimum atomic E-state index is -0.0126. The Hall–Kier alpha value is -2.11. The van der Waals surface area contributed by atoms with Crippen LogP contribution < -0.4 is 5.56 Å². The zero-order chi connectivity index (χ0) is 18.8. The van der Waals surface area contributed by atoms with E-state index in [1.165, 1.54) is 12.0 Å². The molecule has 1 aliphatic rings. The van der Waals surface area contributed by atoms with E-state index in [4.69, 9.17) is 9.72 Å². The molecule has 2 heterocycles. The average molecular weight is 381 g/mol. The number of ether oxygens (including phenoxy) is 1. The second-order valence-electron chi connectivity index (χ2n) is 7.07. The van der Waals surface area contributed by atoms with Gasteiger partial charge in [0, 0.05) is 12.4 Å². The van der Waals surface area contributed by atoms with Crippen molar-refractivity contribution in [3.05, 3.63) is 63.9 Å². The predicted molar refractivity (Wildman–Crippen MR) is 111 cm³/mol. The van der Waals surface area contributed by atoms with Gasteiger partial charge in [-0.2, -0.15) is 0 Å². The van der Waals surface area contributed by atoms with Gasteiger partial charge < -0.3 is 4.74 Å². The minimum absolute atomic E-state index is 0.0126. The number of fused-ring (bicyclic) bond motifs is 1. The molecule has 27 heavy (non-hydrogen) atoms. The molecule has 1 aromatic heterocycles. The van der Waals surface area contributed by atoms with Gasteiger partial charge in [-0.1, -0.05) is 36.0 Å². The summed E-state index contributed by atoms with van der Waals surface area (Å²) in [7, 11) is 0. The Morgan fingerprint density at radius 1 is 1.15 bits per heavy atom. The summed E-state index contributed by atoms with van der Waals surface area (Å²) in [4.78, 5) is 18.2. The predicted octanol–water partition coefficient (Wildman–Crippen LogP) is 4.66. The van der Waals surface area contributed by atoms with Crippen LogP contribution in [-0.2, 0) is 4.74 Å². The van der Waals surface area contributed by atoms with Crippen LogP contribution in [0.3, 0.4) is 0 Å². The van der Waals surface area contributed by atoms with E-state index in [1.807, 2.05) is 36.4 Å². The topological polar surface area (TPSA) is 44.1 Å². The molecule has 2 aromatic carbocycles. The molecular formula is C22H24N2O2S. The van der Waals surface area contributed by atoms with E-state index in [-0.39, 0.29) is 11.7 Å². The van der Waals surface area contributed by atoms with Gasteiger partial charge in [-0.3, -0.25) is 9.36 Å². The Balaban J connectivity index is 1.82. The van der Waals surface area contributed by atoms with Crippen molar-refractivity contribution < 1.29 is 4.74 Å². The second kappa shape index (κ2) is 7.87. The number of benzene rings is 2. The third-order valence-electron chi connectivity index (χ3n) is 5.23. The lowest BCUT2D eigenvalue weighted by Crippen LogP contribution is -2.25. The standard InChI is InChI=1S/C22H24N2O2S/c1-15-8-7-12-20(16(15)2)24-21(25)18-10-3-4-11-19(18)23-22(24)27-14-17-9-5-6-13-26-17/h3-4,7-8,10-12,17H,5-6,9,13-14H2,1-2H3/t17-/m0/s1. The minimum Gasteiger partial charge on any atom is -0.377 e. The Morgan fingerprint density at radius 2 is 2.00 bits per heavy atom. The molecule has 140 valence electrons. The van der Waals surface area contributed by atoms with Gasteiger partial charge in [0.25, 0.3) is 5.56 Å². The van der Waals surface area contributed by atoms with Crippen LogP contribution in [0, 0.1) is 13.8 Å². The van der Waals surface area contributed by atoms with Gasteiger partial charge >= 0.3 is 0 Å². The van der Waals surface area contributed by atoms with Crippen molar-refractivity contribution in [1.82, 2.24) is 9.55 Å². The molecule has 4 nitrogen and oxygen atoms in total. The molecule has 0 unspecified atom stereocenters. The first-order valence-electron chi connectivity index (χ1n) is 9.48. The number of aryl methyl sites for hydroxylation is 1. The molecule has 1 fully saturated rings. The van der Waals surface area contributed by atoms with Crippen molar-refractivity contribution in [3.63, 3.8) is 0 Å². The van der Waals surface area contributed by atoms with Crippen LogP contribution in [0.15, 0.2) is 52.4 Å². The Morgan fingerprint density at radius 3 is 2.81 bits per heavy atom. The fourth-order valence-corrected chi connectivity index (χ4v) is 4.58. The Bertz CT molecular complexity index is 1020. The number of para-hydroxylation sites is 1. The second-order valence-corrected chi connectivity index (χ2v) is 8.06. The van der Waals surface area contributed by atoms with E-state index in [2.05, 4.69) is 19.9 Å². The van der Waals surface area contributed by atoms with Crippen LogP contribution in [0.4, 0.5) is 0 Å². The first-order chi connectivity index (χ1) is 13.1. The van der Waals surface area contributed by atoms with Gasteiger partial charge in [0.05, 0.1) is 22.7 Å². The van der Waals surface area contributed by atoms with Crippen molar-refractivity contribution in [1.29, 1.82) is 0 Å². The van der Waals surface area contributed by atoms with Crippen molar-refractivity contribution in [3.8, 4) is 5.69 Å². The third kappa shape index (κ3) is 3.66. The van der Waals surface area contributed by atoms with E-state index in [0.717, 1.165) is 47.1 Å². The maximum absolute atomic E-state index is 13.3. The lowest BCUT2D eigenvalue weighted by atomic mass is 10.1. The summed E-state index contributed by atoms with van der Waals surface area (Å²) in [6.45, 7) is 4.96. The Labute approximate surface area is 163 Å². The van der Waals surface area contributed by atoms with E-state index in [0.29, 0.717) is 5.39 Å². The lowest BCUT2D eigenvalue weighted by molar-refractivity contribution is 0.0315. The van der Waals surface area contributed by atoms with Gasteiger partial charge in [-0.15, -0.1) is 0 Å². The van der Waals surface area contributed by atoms with Crippen LogP contribution in [0.2, 0.25) is 0 Å². The summed E-state index contributed by atoms with van der Waals surface area (Å²) in [5, 5.41) is 1.39. The summed E-state index contributed by atoms with van der Waals surface area (Å²) in [6, 6.07) is 13.6. The SMILES string of the molecule is Cc1cccc(-n2c(SC[C@@H]3CCCCO3)nc3ccccc3c2=O)c1C. The lowest BCUT2D eigenvalue weighted by Gasteiger charge is -2.23. The van der Waals surface area contributed by atoms with Crippen LogP contribution in [0.5, 0.6) is 0 Å². The normalized spacial score (nSPS) is 17.3. The van der Waals surface area contributed by atoms with Crippen LogP contribution >= 0.6 is 11.8 Å². The maximum Gasteiger partial charge on any atom is 0.266 e. The highest BCUT2D eigenvalue weighted by molar-refractivity contribution is 7.99. The maximum atomic E-state index is 13.3. The third-order valence-corrected chi connectivity index (χ3v) is 6.30. The van der Waals surface area contributed by atoms with Gasteiger partial charge in [-0.25, -0.2) is 4.98 Å². The smallest absolute Gasteiger partial charge is 0.266 e. The molecule has 0 spiro atoms. The monoisotopic (exact) mass is 380 g/mol. The number of aromatic nitrogens is 2. The summed E-state index contributed by atoms with van der Waals surface area (Å²) >= 11 is 1.62. The highest BCUT2D eigenvalue weighted by Gasteiger charge is 2.19. The van der Waals surface area contributed by atoms with Crippen molar-refractivity contribution in [2.45, 2.75) is 44.4 Å². The van der Waals surface area contributed by atoms with Crippen LogP contribution in [0.1, 0.15) is 30.4 Å². The quantitative estimate of drug-likeness (QED) is 0.488. The molecule has 0 N–H and O–H groups in total. The molecule has 0 saturated carbocycles. The molecule has 3 aromatic rings. The number of thioether (sulfide) groups is 1. The van der Waals surface area contributed by atoms with E-state index in [1.54, 1.807) is 16.3 Å². The van der Waals surface area contributed by atoms with Gasteiger partial charge in [0.15, 0.2) is 5.16 Å². The van der Waals surface area contributed by atoms with Crippen molar-refractivity contribution in [2.24, 2.45) is 0 Å². The summed E-state index contributed by atoms with van der Waals surface area (Å²) < 4.78 is 7.65. The molecule has 1 aliphatic heterocycles. The molecule has 0 bridgehead atoms. The number of hydrogen-bond acceptors (Lipinski definition) is 4. The summed E-state index contributed by atoms with van der Waals surface area (Å²) in [5.41, 5.74) is 3.91. The molecule has 0 aliphatic carbocycles. The molecule has 0 amide bonds. The first kappa shape index (κ1) is 18.3. The van der Waals surface area contributed by atoms with Gasteiger partial charge in [0.2, 0.25) is 0 Å².